The van der Waals surface area contributed by atoms with E-state index in [1.165, 1.54) is 6.42 Å². The van der Waals surface area contributed by atoms with Crippen molar-refractivity contribution in [3.05, 3.63) is 0 Å². The smallest absolute Gasteiger partial charge is 0.0695 e. The molecule has 0 bridgehead atoms. The minimum absolute atomic E-state index is 0.0885. The minimum Gasteiger partial charge on any atom is -0.389 e. The minimum atomic E-state index is -0.340. The average Bonchev–Trinajstić information content (AvgIpc) is 1.57. The van der Waals surface area contributed by atoms with Gasteiger partial charge in [0, 0.05) is 0 Å². The molecule has 1 heteroatoms. The second-order valence-electron chi connectivity index (χ2n) is 4.14. The van der Waals surface area contributed by atoms with Crippen LogP contribution in [0.4, 0.5) is 0 Å². The first-order chi connectivity index (χ1) is 3.96. The first-order valence-electron chi connectivity index (χ1n) is 3.68. The molecule has 0 aromatic heterocycles. The van der Waals surface area contributed by atoms with Crippen LogP contribution in [0.2, 0.25) is 0 Å². The number of hydrogen-bond acceptors (Lipinski definition) is 1. The highest BCUT2D eigenvalue weighted by molar-refractivity contribution is 4.96. The zero-order valence-electron chi connectivity index (χ0n) is 6.57. The summed E-state index contributed by atoms with van der Waals surface area (Å²) in [6.07, 6.45) is 3.20. The summed E-state index contributed by atoms with van der Waals surface area (Å²) in [4.78, 5) is 0. The lowest BCUT2D eigenvalue weighted by molar-refractivity contribution is -0.117. The quantitative estimate of drug-likeness (QED) is 0.528. The van der Waals surface area contributed by atoms with E-state index >= 15 is 0 Å². The van der Waals surface area contributed by atoms with Crippen LogP contribution in [-0.4, -0.2) is 10.7 Å². The van der Waals surface area contributed by atoms with E-state index in [1.54, 1.807) is 0 Å². The Morgan fingerprint density at radius 1 is 1.22 bits per heavy atom. The number of rotatable bonds is 0. The zero-order valence-corrected chi connectivity index (χ0v) is 6.57. The molecule has 1 fully saturated rings. The molecule has 0 radical (unpaired) electrons. The molecule has 1 saturated carbocycles. The maximum absolute atomic E-state index is 9.75. The second-order valence-corrected chi connectivity index (χ2v) is 4.14. The highest BCUT2D eigenvalue weighted by Gasteiger charge is 2.44. The maximum atomic E-state index is 9.75. The molecule has 54 valence electrons. The molecule has 0 aromatic carbocycles. The largest absolute Gasteiger partial charge is 0.389 e. The molecule has 0 atom stereocenters. The van der Waals surface area contributed by atoms with Gasteiger partial charge in [0.25, 0.3) is 0 Å². The van der Waals surface area contributed by atoms with Crippen molar-refractivity contribution in [1.82, 2.24) is 0 Å². The fraction of sp³-hybridized carbons (Fsp3) is 1.00. The molecule has 1 N–H and O–H groups in total. The molecule has 0 saturated heterocycles. The molecule has 0 amide bonds. The van der Waals surface area contributed by atoms with Gasteiger partial charge < -0.3 is 5.11 Å². The van der Waals surface area contributed by atoms with Crippen LogP contribution < -0.4 is 0 Å². The average molecular weight is 128 g/mol. The molecule has 0 aromatic rings. The summed E-state index contributed by atoms with van der Waals surface area (Å²) in [6, 6.07) is 0. The van der Waals surface area contributed by atoms with Crippen molar-refractivity contribution in [1.29, 1.82) is 0 Å². The van der Waals surface area contributed by atoms with E-state index in [0.717, 1.165) is 12.8 Å². The van der Waals surface area contributed by atoms with Crippen LogP contribution >= 0.6 is 0 Å². The fourth-order valence-corrected chi connectivity index (χ4v) is 1.26. The summed E-state index contributed by atoms with van der Waals surface area (Å²) >= 11 is 0. The van der Waals surface area contributed by atoms with Crippen molar-refractivity contribution in [3.63, 3.8) is 0 Å². The lowest BCUT2D eigenvalue weighted by atomic mass is 9.64. The molecule has 1 aliphatic rings. The van der Waals surface area contributed by atoms with Gasteiger partial charge >= 0.3 is 0 Å². The molecule has 1 nitrogen and oxygen atoms in total. The first kappa shape index (κ1) is 7.07. The Kier molecular flexibility index (Phi) is 1.35. The third kappa shape index (κ3) is 0.983. The third-order valence-corrected chi connectivity index (χ3v) is 2.58. The van der Waals surface area contributed by atoms with E-state index in [-0.39, 0.29) is 11.0 Å². The molecule has 0 spiro atoms. The van der Waals surface area contributed by atoms with E-state index in [9.17, 15) is 5.11 Å². The van der Waals surface area contributed by atoms with E-state index in [2.05, 4.69) is 20.8 Å². The predicted molar refractivity (Wildman–Crippen MR) is 38.3 cm³/mol. The lowest BCUT2D eigenvalue weighted by Gasteiger charge is -2.47. The van der Waals surface area contributed by atoms with Gasteiger partial charge in [0.05, 0.1) is 5.60 Å². The van der Waals surface area contributed by atoms with Crippen molar-refractivity contribution >= 4 is 0 Å². The Morgan fingerprint density at radius 2 is 1.67 bits per heavy atom. The van der Waals surface area contributed by atoms with Crippen molar-refractivity contribution in [3.8, 4) is 0 Å². The van der Waals surface area contributed by atoms with Gasteiger partial charge in [0.1, 0.15) is 0 Å². The Labute approximate surface area is 57.1 Å². The van der Waals surface area contributed by atoms with Gasteiger partial charge in [-0.25, -0.2) is 0 Å². The molecule has 1 aliphatic carbocycles. The monoisotopic (exact) mass is 128 g/mol. The SMILES string of the molecule is CC(C)(C)C1(O)CCC1. The van der Waals surface area contributed by atoms with Gasteiger partial charge in [0.2, 0.25) is 0 Å². The summed E-state index contributed by atoms with van der Waals surface area (Å²) in [5, 5.41) is 9.75. The van der Waals surface area contributed by atoms with Gasteiger partial charge in [-0.2, -0.15) is 0 Å². The van der Waals surface area contributed by atoms with Crippen LogP contribution in [0.3, 0.4) is 0 Å². The molecule has 1 rings (SSSR count). The predicted octanol–water partition coefficient (Wildman–Crippen LogP) is 1.95. The Bertz CT molecular complexity index is 106. The van der Waals surface area contributed by atoms with Gasteiger partial charge in [-0.1, -0.05) is 20.8 Å². The van der Waals surface area contributed by atoms with Gasteiger partial charge in [-0.3, -0.25) is 0 Å². The Morgan fingerprint density at radius 3 is 1.67 bits per heavy atom. The molecular formula is C8H16O. The fourth-order valence-electron chi connectivity index (χ4n) is 1.26. The molecular weight excluding hydrogens is 112 g/mol. The van der Waals surface area contributed by atoms with Crippen molar-refractivity contribution in [2.24, 2.45) is 5.41 Å². The summed E-state index contributed by atoms with van der Waals surface area (Å²) in [6.45, 7) is 6.31. The van der Waals surface area contributed by atoms with Crippen LogP contribution in [0.15, 0.2) is 0 Å². The summed E-state index contributed by atoms with van der Waals surface area (Å²) in [5.74, 6) is 0. The van der Waals surface area contributed by atoms with E-state index in [4.69, 9.17) is 0 Å². The zero-order chi connectivity index (χ0) is 7.12. The highest BCUT2D eigenvalue weighted by atomic mass is 16.3. The first-order valence-corrected chi connectivity index (χ1v) is 3.68. The van der Waals surface area contributed by atoms with Crippen molar-refractivity contribution < 1.29 is 5.11 Å². The number of aliphatic hydroxyl groups is 1. The van der Waals surface area contributed by atoms with Gasteiger partial charge in [-0.15, -0.1) is 0 Å². The molecule has 9 heavy (non-hydrogen) atoms. The van der Waals surface area contributed by atoms with E-state index < -0.39 is 0 Å². The van der Waals surface area contributed by atoms with Crippen LogP contribution in [0.25, 0.3) is 0 Å². The Hall–Kier alpha value is -0.0400. The summed E-state index contributed by atoms with van der Waals surface area (Å²) in [5.41, 5.74) is -0.252. The standard InChI is InChI=1S/C8H16O/c1-7(2,3)8(9)5-4-6-8/h9H,4-6H2,1-3H3. The van der Waals surface area contributed by atoms with E-state index in [0.29, 0.717) is 0 Å². The number of hydrogen-bond donors (Lipinski definition) is 1. The van der Waals surface area contributed by atoms with Crippen LogP contribution in [-0.2, 0) is 0 Å². The third-order valence-electron chi connectivity index (χ3n) is 2.58. The molecule has 0 aliphatic heterocycles. The van der Waals surface area contributed by atoms with Crippen LogP contribution in [0.1, 0.15) is 40.0 Å². The van der Waals surface area contributed by atoms with E-state index in [1.807, 2.05) is 0 Å². The van der Waals surface area contributed by atoms with Crippen molar-refractivity contribution in [2.75, 3.05) is 0 Å². The van der Waals surface area contributed by atoms with Crippen LogP contribution in [0, 0.1) is 5.41 Å². The topological polar surface area (TPSA) is 20.2 Å². The summed E-state index contributed by atoms with van der Waals surface area (Å²) < 4.78 is 0. The maximum Gasteiger partial charge on any atom is 0.0695 e. The molecule has 0 heterocycles. The summed E-state index contributed by atoms with van der Waals surface area (Å²) in [7, 11) is 0. The highest BCUT2D eigenvalue weighted by Crippen LogP contribution is 2.45. The second kappa shape index (κ2) is 1.72. The molecule has 0 unspecified atom stereocenters. The Balaban J connectivity index is 2.59. The lowest BCUT2D eigenvalue weighted by Crippen LogP contribution is -2.48. The van der Waals surface area contributed by atoms with Gasteiger partial charge in [-0.05, 0) is 24.7 Å². The van der Waals surface area contributed by atoms with Gasteiger partial charge in [0.15, 0.2) is 0 Å². The van der Waals surface area contributed by atoms with Crippen molar-refractivity contribution in [2.45, 2.75) is 45.6 Å². The normalized spacial score (nSPS) is 25.3. The van der Waals surface area contributed by atoms with Crippen LogP contribution in [0.5, 0.6) is 0 Å².